The van der Waals surface area contributed by atoms with Crippen LogP contribution in [0.5, 0.6) is 5.75 Å². The zero-order valence-corrected chi connectivity index (χ0v) is 21.3. The van der Waals surface area contributed by atoms with Crippen molar-refractivity contribution in [2.24, 2.45) is 0 Å². The van der Waals surface area contributed by atoms with Gasteiger partial charge in [0.1, 0.15) is 18.4 Å². The van der Waals surface area contributed by atoms with Crippen LogP contribution in [0.15, 0.2) is 71.0 Å². The lowest BCUT2D eigenvalue weighted by atomic mass is 9.95. The normalized spacial score (nSPS) is 14.9. The van der Waals surface area contributed by atoms with Gasteiger partial charge in [-0.25, -0.2) is 9.48 Å². The van der Waals surface area contributed by atoms with Gasteiger partial charge >= 0.3 is 5.97 Å². The van der Waals surface area contributed by atoms with E-state index in [9.17, 15) is 4.79 Å². The second kappa shape index (κ2) is 11.9. The second-order valence-corrected chi connectivity index (χ2v) is 9.47. The summed E-state index contributed by atoms with van der Waals surface area (Å²) < 4.78 is 13.4. The number of aromatic nitrogens is 3. The zero-order valence-electron chi connectivity index (χ0n) is 20.5. The molecule has 3 aromatic rings. The quantitative estimate of drug-likeness (QED) is 0.200. The average Bonchev–Trinajstić information content (AvgIpc) is 3.28. The fourth-order valence-corrected chi connectivity index (χ4v) is 4.52. The maximum absolute atomic E-state index is 13.4. The van der Waals surface area contributed by atoms with Crippen LogP contribution in [0.2, 0.25) is 0 Å². The van der Waals surface area contributed by atoms with Crippen molar-refractivity contribution in [2.45, 2.75) is 57.8 Å². The summed E-state index contributed by atoms with van der Waals surface area (Å²) in [5.41, 5.74) is 3.08. The number of rotatable bonds is 11. The number of anilines is 1. The average molecular weight is 493 g/mol. The van der Waals surface area contributed by atoms with Crippen molar-refractivity contribution in [1.29, 1.82) is 0 Å². The van der Waals surface area contributed by atoms with Gasteiger partial charge in [0, 0.05) is 11.4 Å². The summed E-state index contributed by atoms with van der Waals surface area (Å²) >= 11 is 1.61. The Morgan fingerprint density at radius 3 is 2.57 bits per heavy atom. The number of esters is 1. The minimum absolute atomic E-state index is 0.204. The Bertz CT molecular complexity index is 1160. The topological polar surface area (TPSA) is 78.3 Å². The van der Waals surface area contributed by atoms with Crippen LogP contribution in [0, 0.1) is 0 Å². The van der Waals surface area contributed by atoms with E-state index in [1.807, 2.05) is 61.5 Å². The number of unbranched alkanes of at least 4 members (excludes halogenated alkanes) is 1. The molecule has 1 atom stereocenters. The van der Waals surface area contributed by atoms with E-state index in [1.165, 1.54) is 0 Å². The molecule has 2 heterocycles. The molecule has 0 bridgehead atoms. The van der Waals surface area contributed by atoms with Gasteiger partial charge in [-0.15, -0.1) is 5.10 Å². The third-order valence-corrected chi connectivity index (χ3v) is 6.71. The highest BCUT2D eigenvalue weighted by Crippen LogP contribution is 2.37. The van der Waals surface area contributed by atoms with Gasteiger partial charge in [-0.1, -0.05) is 74.5 Å². The summed E-state index contributed by atoms with van der Waals surface area (Å²) in [6.07, 6.45) is 3.12. The van der Waals surface area contributed by atoms with Gasteiger partial charge in [-0.2, -0.15) is 4.98 Å². The van der Waals surface area contributed by atoms with Crippen LogP contribution in [0.3, 0.4) is 0 Å². The molecule has 8 heteroatoms. The Morgan fingerprint density at radius 2 is 1.86 bits per heavy atom. The SMILES string of the molecule is CCCCOc1ccc(C2C(C(=O)OCc3ccccc3)=C(C)Nc3nc(SCCC)nn32)cc1. The van der Waals surface area contributed by atoms with E-state index in [0.29, 0.717) is 29.0 Å². The lowest BCUT2D eigenvalue weighted by Gasteiger charge is -2.28. The predicted molar refractivity (Wildman–Crippen MR) is 139 cm³/mol. The Balaban J connectivity index is 1.64. The molecule has 7 nitrogen and oxygen atoms in total. The molecule has 2 aromatic carbocycles. The number of hydrogen-bond donors (Lipinski definition) is 1. The minimum atomic E-state index is -0.456. The van der Waals surface area contributed by atoms with E-state index in [-0.39, 0.29) is 12.6 Å². The number of ether oxygens (including phenoxy) is 2. The molecule has 1 aliphatic rings. The molecule has 1 aliphatic heterocycles. The van der Waals surface area contributed by atoms with Crippen LogP contribution in [0.4, 0.5) is 5.95 Å². The number of hydrogen-bond acceptors (Lipinski definition) is 7. The van der Waals surface area contributed by atoms with E-state index in [1.54, 1.807) is 16.4 Å². The highest BCUT2D eigenvalue weighted by Gasteiger charge is 2.35. The van der Waals surface area contributed by atoms with Crippen molar-refractivity contribution in [3.05, 3.63) is 77.0 Å². The van der Waals surface area contributed by atoms with Crippen LogP contribution in [0.1, 0.15) is 57.2 Å². The van der Waals surface area contributed by atoms with Crippen LogP contribution in [-0.4, -0.2) is 33.1 Å². The van der Waals surface area contributed by atoms with Crippen LogP contribution in [0.25, 0.3) is 0 Å². The summed E-state index contributed by atoms with van der Waals surface area (Å²) in [5.74, 6) is 1.98. The molecule has 4 rings (SSSR count). The minimum Gasteiger partial charge on any atom is -0.494 e. The molecule has 0 amide bonds. The first-order valence-electron chi connectivity index (χ1n) is 12.1. The molecule has 0 aliphatic carbocycles. The van der Waals surface area contributed by atoms with Crippen molar-refractivity contribution in [3.8, 4) is 5.75 Å². The van der Waals surface area contributed by atoms with Crippen LogP contribution < -0.4 is 10.1 Å². The molecule has 1 aromatic heterocycles. The van der Waals surface area contributed by atoms with E-state index < -0.39 is 6.04 Å². The highest BCUT2D eigenvalue weighted by molar-refractivity contribution is 7.99. The molecule has 184 valence electrons. The van der Waals surface area contributed by atoms with Gasteiger partial charge in [-0.05, 0) is 43.0 Å². The number of allylic oxidation sites excluding steroid dienone is 1. The molecule has 0 fully saturated rings. The number of fused-ring (bicyclic) bond motifs is 1. The maximum Gasteiger partial charge on any atom is 0.338 e. The lowest BCUT2D eigenvalue weighted by molar-refractivity contribution is -0.140. The number of carbonyl (C=O) groups is 1. The summed E-state index contributed by atoms with van der Waals surface area (Å²) in [5, 5.41) is 8.69. The number of nitrogens with zero attached hydrogens (tertiary/aromatic N) is 3. The van der Waals surface area contributed by atoms with Crippen molar-refractivity contribution >= 4 is 23.7 Å². The first-order valence-corrected chi connectivity index (χ1v) is 13.1. The number of nitrogens with one attached hydrogen (secondary N) is 1. The Kier molecular flexibility index (Phi) is 8.47. The molecule has 0 radical (unpaired) electrons. The van der Waals surface area contributed by atoms with Gasteiger partial charge in [-0.3, -0.25) is 0 Å². The largest absolute Gasteiger partial charge is 0.494 e. The lowest BCUT2D eigenvalue weighted by Crippen LogP contribution is -2.29. The van der Waals surface area contributed by atoms with E-state index in [2.05, 4.69) is 24.1 Å². The molecule has 0 spiro atoms. The van der Waals surface area contributed by atoms with Crippen molar-refractivity contribution in [1.82, 2.24) is 14.8 Å². The number of thioether (sulfide) groups is 1. The maximum atomic E-state index is 13.4. The first kappa shape index (κ1) is 24.9. The second-order valence-electron chi connectivity index (χ2n) is 8.41. The van der Waals surface area contributed by atoms with Crippen LogP contribution >= 0.6 is 11.8 Å². The summed E-state index contributed by atoms with van der Waals surface area (Å²) in [6, 6.07) is 17.1. The van der Waals surface area contributed by atoms with Gasteiger partial charge in [0.05, 0.1) is 12.2 Å². The van der Waals surface area contributed by atoms with Crippen molar-refractivity contribution in [3.63, 3.8) is 0 Å². The summed E-state index contributed by atoms with van der Waals surface area (Å²) in [6.45, 7) is 7.03. The number of benzene rings is 2. The summed E-state index contributed by atoms with van der Waals surface area (Å²) in [7, 11) is 0. The zero-order chi connectivity index (χ0) is 24.6. The monoisotopic (exact) mass is 492 g/mol. The molecular formula is C27H32N4O3S. The van der Waals surface area contributed by atoms with Gasteiger partial charge < -0.3 is 14.8 Å². The molecule has 0 saturated carbocycles. The fourth-order valence-electron chi connectivity index (χ4n) is 3.84. The molecule has 0 saturated heterocycles. The Morgan fingerprint density at radius 1 is 1.09 bits per heavy atom. The molecular weight excluding hydrogens is 460 g/mol. The highest BCUT2D eigenvalue weighted by atomic mass is 32.2. The third kappa shape index (κ3) is 6.06. The van der Waals surface area contributed by atoms with Gasteiger partial charge in [0.25, 0.3) is 0 Å². The van der Waals surface area contributed by atoms with Crippen LogP contribution in [-0.2, 0) is 16.1 Å². The summed E-state index contributed by atoms with van der Waals surface area (Å²) in [4.78, 5) is 18.0. The molecule has 1 N–H and O–H groups in total. The third-order valence-electron chi connectivity index (χ3n) is 5.66. The van der Waals surface area contributed by atoms with Gasteiger partial charge in [0.2, 0.25) is 11.1 Å². The Labute approximate surface area is 210 Å². The van der Waals surface area contributed by atoms with Gasteiger partial charge in [0.15, 0.2) is 0 Å². The predicted octanol–water partition coefficient (Wildman–Crippen LogP) is 5.99. The van der Waals surface area contributed by atoms with E-state index in [0.717, 1.165) is 41.9 Å². The Hall–Kier alpha value is -3.26. The fraction of sp³-hybridized carbons (Fsp3) is 0.370. The number of carbonyl (C=O) groups excluding carboxylic acids is 1. The molecule has 35 heavy (non-hydrogen) atoms. The van der Waals surface area contributed by atoms with Crippen molar-refractivity contribution < 1.29 is 14.3 Å². The molecule has 1 unspecified atom stereocenters. The smallest absolute Gasteiger partial charge is 0.338 e. The van der Waals surface area contributed by atoms with E-state index >= 15 is 0 Å². The first-order chi connectivity index (χ1) is 17.1. The van der Waals surface area contributed by atoms with Crippen molar-refractivity contribution in [2.75, 3.05) is 17.7 Å². The standard InChI is InChI=1S/C27H32N4O3S/c1-4-6-16-33-22-14-12-21(13-15-22)24-23(25(32)34-18-20-10-8-7-9-11-20)19(3)28-26-29-27(30-31(24)26)35-17-5-2/h7-15,24H,4-6,16-18H2,1-3H3,(H,28,29,30). The van der Waals surface area contributed by atoms with E-state index in [4.69, 9.17) is 14.6 Å².